The van der Waals surface area contributed by atoms with Gasteiger partial charge < -0.3 is 18.3 Å². The van der Waals surface area contributed by atoms with Gasteiger partial charge in [0, 0.05) is 61.0 Å². The lowest BCUT2D eigenvalue weighted by Gasteiger charge is -2.26. The summed E-state index contributed by atoms with van der Waals surface area (Å²) in [6.07, 6.45) is 0. The van der Waals surface area contributed by atoms with Crippen LogP contribution < -0.4 is 4.90 Å². The minimum atomic E-state index is 0.605. The fourth-order valence-electron chi connectivity index (χ4n) is 7.81. The number of oxazole rings is 1. The maximum atomic E-state index is 6.61. The van der Waals surface area contributed by atoms with E-state index in [1.807, 2.05) is 42.5 Å². The van der Waals surface area contributed by atoms with Crippen LogP contribution >= 0.6 is 0 Å². The average molecular weight is 642 g/mol. The SMILES string of the molecule is c1ccc(-c2nc3c4cc(N(c5ccccc5)c5ccc6c(c5)c5ccccc5n6-c5ccccc5)cc5oc6cccc(c3o2)c6c54)cc1. The highest BCUT2D eigenvalue weighted by Crippen LogP contribution is 2.47. The zero-order valence-electron chi connectivity index (χ0n) is 26.7. The predicted molar refractivity (Wildman–Crippen MR) is 204 cm³/mol. The standard InChI is InChI=1S/C45H27N3O2/c1-4-13-28(14-5-1)45-46-43-36-26-32(27-40-42(36)41-34(44(43)50-45)20-12-22-39(41)49-40)47(29-15-6-2-7-16-29)31-23-24-38-35(25-31)33-19-10-11-21-37(33)48(38)30-17-8-3-9-18-30/h1-27H. The van der Waals surface area contributed by atoms with Crippen LogP contribution in [0.25, 0.3) is 82.8 Å². The molecule has 0 atom stereocenters. The number of anilines is 3. The van der Waals surface area contributed by atoms with Crippen LogP contribution in [-0.4, -0.2) is 9.55 Å². The molecule has 0 aliphatic carbocycles. The Kier molecular flexibility index (Phi) is 5.60. The Hall–Kier alpha value is -6.85. The van der Waals surface area contributed by atoms with E-state index in [4.69, 9.17) is 13.8 Å². The molecule has 234 valence electrons. The number of fused-ring (bicyclic) bond motifs is 6. The summed E-state index contributed by atoms with van der Waals surface area (Å²) in [6.45, 7) is 0. The van der Waals surface area contributed by atoms with E-state index < -0.39 is 0 Å². The topological polar surface area (TPSA) is 47.3 Å². The monoisotopic (exact) mass is 641 g/mol. The predicted octanol–water partition coefficient (Wildman–Crippen LogP) is 12.6. The van der Waals surface area contributed by atoms with Gasteiger partial charge in [-0.25, -0.2) is 4.98 Å². The van der Waals surface area contributed by atoms with Gasteiger partial charge >= 0.3 is 0 Å². The van der Waals surface area contributed by atoms with Crippen LogP contribution in [0.3, 0.4) is 0 Å². The van der Waals surface area contributed by atoms with E-state index >= 15 is 0 Å². The van der Waals surface area contributed by atoms with Gasteiger partial charge in [0.1, 0.15) is 16.7 Å². The first-order valence-electron chi connectivity index (χ1n) is 16.8. The van der Waals surface area contributed by atoms with Crippen LogP contribution in [0.4, 0.5) is 17.1 Å². The summed E-state index contributed by atoms with van der Waals surface area (Å²) in [5, 5.41) is 6.52. The fourth-order valence-corrected chi connectivity index (χ4v) is 7.81. The molecule has 0 saturated carbocycles. The number of furan rings is 1. The maximum Gasteiger partial charge on any atom is 0.227 e. The van der Waals surface area contributed by atoms with Crippen molar-refractivity contribution < 1.29 is 8.83 Å². The molecule has 5 nitrogen and oxygen atoms in total. The first-order chi connectivity index (χ1) is 24.8. The Labute approximate surface area is 286 Å². The molecule has 0 spiro atoms. The van der Waals surface area contributed by atoms with Crippen molar-refractivity contribution in [3.8, 4) is 17.1 Å². The average Bonchev–Trinajstić information content (AvgIpc) is 3.88. The van der Waals surface area contributed by atoms with E-state index in [9.17, 15) is 0 Å². The number of aromatic nitrogens is 2. The maximum absolute atomic E-state index is 6.61. The normalized spacial score (nSPS) is 12.0. The molecule has 11 rings (SSSR count). The van der Waals surface area contributed by atoms with Crippen LogP contribution in [0.2, 0.25) is 0 Å². The first-order valence-corrected chi connectivity index (χ1v) is 16.8. The third kappa shape index (κ3) is 3.86. The van der Waals surface area contributed by atoms with Crippen molar-refractivity contribution in [2.75, 3.05) is 4.90 Å². The second-order valence-corrected chi connectivity index (χ2v) is 12.8. The summed E-state index contributed by atoms with van der Waals surface area (Å²) in [4.78, 5) is 7.44. The number of benzene rings is 8. The van der Waals surface area contributed by atoms with Gasteiger partial charge in [-0.2, -0.15) is 0 Å². The molecule has 3 heterocycles. The smallest absolute Gasteiger partial charge is 0.227 e. The minimum absolute atomic E-state index is 0.605. The fraction of sp³-hybridized carbons (Fsp3) is 0. The Morgan fingerprint density at radius 2 is 1.14 bits per heavy atom. The van der Waals surface area contributed by atoms with E-state index in [-0.39, 0.29) is 0 Å². The second-order valence-electron chi connectivity index (χ2n) is 12.8. The van der Waals surface area contributed by atoms with Crippen molar-refractivity contribution in [3.63, 3.8) is 0 Å². The summed E-state index contributed by atoms with van der Waals surface area (Å²) in [5.74, 6) is 0.605. The Morgan fingerprint density at radius 3 is 1.98 bits per heavy atom. The van der Waals surface area contributed by atoms with Gasteiger partial charge in [-0.05, 0) is 72.8 Å². The zero-order valence-corrected chi connectivity index (χ0v) is 26.7. The lowest BCUT2D eigenvalue weighted by atomic mass is 9.99. The van der Waals surface area contributed by atoms with Crippen molar-refractivity contribution in [1.29, 1.82) is 0 Å². The molecular weight excluding hydrogens is 615 g/mol. The highest BCUT2D eigenvalue weighted by atomic mass is 16.3. The third-order valence-corrected chi connectivity index (χ3v) is 9.93. The molecule has 0 bridgehead atoms. The molecule has 11 aromatic rings. The number of rotatable bonds is 5. The van der Waals surface area contributed by atoms with Crippen molar-refractivity contribution in [2.45, 2.75) is 0 Å². The molecule has 0 fully saturated rings. The molecule has 0 N–H and O–H groups in total. The third-order valence-electron chi connectivity index (χ3n) is 9.93. The van der Waals surface area contributed by atoms with Crippen molar-refractivity contribution in [3.05, 3.63) is 164 Å². The van der Waals surface area contributed by atoms with Crippen LogP contribution in [0.1, 0.15) is 0 Å². The van der Waals surface area contributed by atoms with Gasteiger partial charge in [-0.15, -0.1) is 0 Å². The lowest BCUT2D eigenvalue weighted by Crippen LogP contribution is -2.10. The van der Waals surface area contributed by atoms with Gasteiger partial charge in [-0.1, -0.05) is 84.9 Å². The van der Waals surface area contributed by atoms with Crippen LogP contribution in [0.5, 0.6) is 0 Å². The molecule has 0 unspecified atom stereocenters. The summed E-state index contributed by atoms with van der Waals surface area (Å²) < 4.78 is 15.5. The van der Waals surface area contributed by atoms with Crippen LogP contribution in [0, 0.1) is 0 Å². The number of hydrogen-bond donors (Lipinski definition) is 0. The molecule has 50 heavy (non-hydrogen) atoms. The molecule has 0 amide bonds. The molecule has 8 aromatic carbocycles. The van der Waals surface area contributed by atoms with Crippen molar-refractivity contribution in [2.24, 2.45) is 0 Å². The van der Waals surface area contributed by atoms with E-state index in [1.165, 1.54) is 16.3 Å². The Bertz CT molecular complexity index is 3030. The highest BCUT2D eigenvalue weighted by molar-refractivity contribution is 6.32. The molecule has 0 saturated heterocycles. The van der Waals surface area contributed by atoms with E-state index in [0.717, 1.165) is 77.6 Å². The van der Waals surface area contributed by atoms with Gasteiger partial charge in [0.2, 0.25) is 5.89 Å². The van der Waals surface area contributed by atoms with Crippen LogP contribution in [0.15, 0.2) is 173 Å². The van der Waals surface area contributed by atoms with Gasteiger partial charge in [0.05, 0.1) is 16.7 Å². The molecule has 0 radical (unpaired) electrons. The van der Waals surface area contributed by atoms with Crippen LogP contribution in [-0.2, 0) is 0 Å². The van der Waals surface area contributed by atoms with Crippen molar-refractivity contribution in [1.82, 2.24) is 9.55 Å². The summed E-state index contributed by atoms with van der Waals surface area (Å²) in [7, 11) is 0. The van der Waals surface area contributed by atoms with Gasteiger partial charge in [-0.3, -0.25) is 0 Å². The van der Waals surface area contributed by atoms with E-state index in [1.54, 1.807) is 0 Å². The zero-order chi connectivity index (χ0) is 32.8. The number of para-hydroxylation sites is 3. The van der Waals surface area contributed by atoms with E-state index in [2.05, 4.69) is 131 Å². The second kappa shape index (κ2) is 10.3. The van der Waals surface area contributed by atoms with E-state index in [0.29, 0.717) is 5.89 Å². The first kappa shape index (κ1) is 27.1. The Morgan fingerprint density at radius 1 is 0.460 bits per heavy atom. The lowest BCUT2D eigenvalue weighted by molar-refractivity contribution is 0.623. The molecule has 0 aliphatic heterocycles. The summed E-state index contributed by atoms with van der Waals surface area (Å²) >= 11 is 0. The molecule has 3 aromatic heterocycles. The molecular formula is C45H27N3O2. The minimum Gasteiger partial charge on any atom is -0.456 e. The Balaban J connectivity index is 1.20. The summed E-state index contributed by atoms with van der Waals surface area (Å²) in [5.41, 5.74) is 10.7. The quantitative estimate of drug-likeness (QED) is 0.175. The highest BCUT2D eigenvalue weighted by Gasteiger charge is 2.25. The van der Waals surface area contributed by atoms with Gasteiger partial charge in [0.15, 0.2) is 5.58 Å². The molecule has 5 heteroatoms. The number of nitrogens with zero attached hydrogens (tertiary/aromatic N) is 3. The van der Waals surface area contributed by atoms with Gasteiger partial charge in [0.25, 0.3) is 0 Å². The largest absolute Gasteiger partial charge is 0.456 e. The summed E-state index contributed by atoms with van der Waals surface area (Å²) in [6, 6.07) is 57.2. The number of hydrogen-bond acceptors (Lipinski definition) is 4. The molecule has 0 aliphatic rings. The van der Waals surface area contributed by atoms with Crippen molar-refractivity contribution >= 4 is 82.7 Å².